The van der Waals surface area contributed by atoms with Crippen LogP contribution >= 0.6 is 11.8 Å². The van der Waals surface area contributed by atoms with Crippen molar-refractivity contribution in [2.45, 2.75) is 48.2 Å². The summed E-state index contributed by atoms with van der Waals surface area (Å²) >= 11 is 1.45. The standard InChI is InChI=1S/C23H26N4O4S2/c1-17-24-22(26-31-17)16-32-21-9-5-4-8-20(21)23(28)25-18-10-12-19(13-11-18)33(29,30)27-14-6-2-3-7-15-27/h4-5,8-13H,2-3,6-7,14-16H2,1H3,(H,25,28). The zero-order valence-corrected chi connectivity index (χ0v) is 20.0. The van der Waals surface area contributed by atoms with Crippen molar-refractivity contribution in [1.29, 1.82) is 0 Å². The SMILES string of the molecule is Cc1nc(CSc2ccccc2C(=O)Nc2ccc(S(=O)(=O)N3CCCCCC3)cc2)no1. The normalized spacial score (nSPS) is 15.2. The van der Waals surface area contributed by atoms with E-state index in [4.69, 9.17) is 4.52 Å². The lowest BCUT2D eigenvalue weighted by Crippen LogP contribution is -2.31. The van der Waals surface area contributed by atoms with Crippen molar-refractivity contribution in [2.75, 3.05) is 18.4 Å². The Kier molecular flexibility index (Phi) is 7.46. The number of nitrogens with one attached hydrogen (secondary N) is 1. The van der Waals surface area contributed by atoms with E-state index in [1.165, 1.54) is 11.8 Å². The van der Waals surface area contributed by atoms with Crippen LogP contribution < -0.4 is 5.32 Å². The summed E-state index contributed by atoms with van der Waals surface area (Å²) in [6.07, 6.45) is 3.89. The van der Waals surface area contributed by atoms with Crippen molar-refractivity contribution in [2.24, 2.45) is 0 Å². The molecule has 8 nitrogen and oxygen atoms in total. The molecule has 0 atom stereocenters. The number of aryl methyl sites for hydroxylation is 1. The summed E-state index contributed by atoms with van der Waals surface area (Å²) in [4.78, 5) is 18.1. The zero-order valence-electron chi connectivity index (χ0n) is 18.4. The molecule has 0 spiro atoms. The lowest BCUT2D eigenvalue weighted by atomic mass is 10.2. The van der Waals surface area contributed by atoms with E-state index in [0.29, 0.717) is 41.8 Å². The third-order valence-corrected chi connectivity index (χ3v) is 8.36. The molecule has 3 aromatic rings. The molecule has 1 N–H and O–H groups in total. The number of nitrogens with zero attached hydrogens (tertiary/aromatic N) is 3. The van der Waals surface area contributed by atoms with Gasteiger partial charge in [0.25, 0.3) is 5.91 Å². The van der Waals surface area contributed by atoms with Gasteiger partial charge in [-0.25, -0.2) is 8.42 Å². The molecule has 1 fully saturated rings. The summed E-state index contributed by atoms with van der Waals surface area (Å²) in [7, 11) is -3.52. The van der Waals surface area contributed by atoms with Crippen LogP contribution in [0.5, 0.6) is 0 Å². The first-order chi connectivity index (χ1) is 15.9. The quantitative estimate of drug-likeness (QED) is 0.491. The van der Waals surface area contributed by atoms with E-state index in [1.54, 1.807) is 47.6 Å². The first kappa shape index (κ1) is 23.5. The minimum Gasteiger partial charge on any atom is -0.340 e. The summed E-state index contributed by atoms with van der Waals surface area (Å²) in [5.41, 5.74) is 1.05. The maximum Gasteiger partial charge on any atom is 0.256 e. The van der Waals surface area contributed by atoms with Crippen molar-refractivity contribution in [3.8, 4) is 0 Å². The number of amides is 1. The van der Waals surface area contributed by atoms with Crippen molar-refractivity contribution in [3.63, 3.8) is 0 Å². The van der Waals surface area contributed by atoms with Crippen LogP contribution in [0.25, 0.3) is 0 Å². The Hall–Kier alpha value is -2.69. The van der Waals surface area contributed by atoms with Gasteiger partial charge in [-0.15, -0.1) is 11.8 Å². The maximum atomic E-state index is 12.9. The van der Waals surface area contributed by atoms with Crippen LogP contribution in [0.4, 0.5) is 5.69 Å². The van der Waals surface area contributed by atoms with Crippen LogP contribution in [0.2, 0.25) is 0 Å². The molecular weight excluding hydrogens is 460 g/mol. The maximum absolute atomic E-state index is 12.9. The fourth-order valence-electron chi connectivity index (χ4n) is 3.66. The van der Waals surface area contributed by atoms with Gasteiger partial charge in [-0.1, -0.05) is 30.1 Å². The highest BCUT2D eigenvalue weighted by atomic mass is 32.2. The van der Waals surface area contributed by atoms with Gasteiger partial charge >= 0.3 is 0 Å². The number of benzene rings is 2. The molecular formula is C23H26N4O4S2. The van der Waals surface area contributed by atoms with Crippen LogP contribution in [0.1, 0.15) is 47.8 Å². The molecule has 0 aliphatic carbocycles. The van der Waals surface area contributed by atoms with Crippen LogP contribution in [0.15, 0.2) is 62.8 Å². The Morgan fingerprint density at radius 2 is 1.76 bits per heavy atom. The van der Waals surface area contributed by atoms with Gasteiger partial charge in [0.2, 0.25) is 15.9 Å². The van der Waals surface area contributed by atoms with Crippen molar-refractivity contribution in [3.05, 3.63) is 65.8 Å². The number of aromatic nitrogens is 2. The van der Waals surface area contributed by atoms with Gasteiger partial charge in [-0.05, 0) is 49.2 Å². The highest BCUT2D eigenvalue weighted by Gasteiger charge is 2.25. The number of hydrogen-bond donors (Lipinski definition) is 1. The summed E-state index contributed by atoms with van der Waals surface area (Å²) in [6, 6.07) is 13.6. The molecule has 1 aliphatic heterocycles. The molecule has 0 radical (unpaired) electrons. The third kappa shape index (κ3) is 5.82. The largest absolute Gasteiger partial charge is 0.340 e. The predicted molar refractivity (Wildman–Crippen MR) is 127 cm³/mol. The lowest BCUT2D eigenvalue weighted by molar-refractivity contribution is 0.102. The number of rotatable bonds is 7. The fraction of sp³-hybridized carbons (Fsp3) is 0.348. The molecule has 33 heavy (non-hydrogen) atoms. The third-order valence-electron chi connectivity index (χ3n) is 5.37. The number of sulfonamides is 1. The van der Waals surface area contributed by atoms with Crippen molar-refractivity contribution in [1.82, 2.24) is 14.4 Å². The minimum atomic E-state index is -3.52. The van der Waals surface area contributed by atoms with Crippen LogP contribution in [-0.4, -0.2) is 41.9 Å². The van der Waals surface area contributed by atoms with Crippen molar-refractivity contribution < 1.29 is 17.7 Å². The second-order valence-electron chi connectivity index (χ2n) is 7.81. The summed E-state index contributed by atoms with van der Waals surface area (Å²) in [5.74, 6) is 1.27. The molecule has 1 aliphatic rings. The molecule has 174 valence electrons. The molecule has 1 saturated heterocycles. The second kappa shape index (κ2) is 10.5. The molecule has 4 rings (SSSR count). The van der Waals surface area contributed by atoms with Crippen LogP contribution in [-0.2, 0) is 15.8 Å². The van der Waals surface area contributed by atoms with E-state index >= 15 is 0 Å². The van der Waals surface area contributed by atoms with Crippen LogP contribution in [0.3, 0.4) is 0 Å². The Morgan fingerprint density at radius 3 is 2.42 bits per heavy atom. The smallest absolute Gasteiger partial charge is 0.256 e. The van der Waals surface area contributed by atoms with Gasteiger partial charge in [-0.3, -0.25) is 4.79 Å². The fourth-order valence-corrected chi connectivity index (χ4v) is 6.07. The number of carbonyl (C=O) groups excluding carboxylic acids is 1. The highest BCUT2D eigenvalue weighted by molar-refractivity contribution is 7.98. The zero-order chi connectivity index (χ0) is 23.3. The molecule has 0 unspecified atom stereocenters. The molecule has 1 aromatic heterocycles. The molecule has 0 bridgehead atoms. The van der Waals surface area contributed by atoms with E-state index in [-0.39, 0.29) is 10.8 Å². The molecule has 1 amide bonds. The molecule has 0 saturated carbocycles. The van der Waals surface area contributed by atoms with Gasteiger partial charge in [0, 0.05) is 30.6 Å². The lowest BCUT2D eigenvalue weighted by Gasteiger charge is -2.20. The van der Waals surface area contributed by atoms with Crippen LogP contribution in [0, 0.1) is 6.92 Å². The average molecular weight is 487 g/mol. The monoisotopic (exact) mass is 486 g/mol. The first-order valence-corrected chi connectivity index (χ1v) is 13.3. The first-order valence-electron chi connectivity index (χ1n) is 10.9. The van der Waals surface area contributed by atoms with E-state index in [1.807, 2.05) is 12.1 Å². The molecule has 10 heteroatoms. The highest BCUT2D eigenvalue weighted by Crippen LogP contribution is 2.27. The van der Waals surface area contributed by atoms with Gasteiger partial charge in [-0.2, -0.15) is 9.29 Å². The second-order valence-corrected chi connectivity index (χ2v) is 10.8. The topological polar surface area (TPSA) is 105 Å². The Labute approximate surface area is 197 Å². The minimum absolute atomic E-state index is 0.244. The van der Waals surface area contributed by atoms with E-state index in [9.17, 15) is 13.2 Å². The van der Waals surface area contributed by atoms with Gasteiger partial charge in [0.15, 0.2) is 5.82 Å². The Balaban J connectivity index is 1.44. The summed E-state index contributed by atoms with van der Waals surface area (Å²) in [5, 5.41) is 6.74. The number of thioether (sulfide) groups is 1. The van der Waals surface area contributed by atoms with Gasteiger partial charge in [0.1, 0.15) is 0 Å². The van der Waals surface area contributed by atoms with Gasteiger partial charge < -0.3 is 9.84 Å². The van der Waals surface area contributed by atoms with Gasteiger partial charge in [0.05, 0.1) is 16.2 Å². The number of hydrogen-bond acceptors (Lipinski definition) is 7. The summed E-state index contributed by atoms with van der Waals surface area (Å²) in [6.45, 7) is 2.84. The summed E-state index contributed by atoms with van der Waals surface area (Å²) < 4.78 is 32.4. The average Bonchev–Trinajstić information content (AvgIpc) is 3.05. The Bertz CT molecular complexity index is 1200. The van der Waals surface area contributed by atoms with E-state index in [2.05, 4.69) is 15.5 Å². The Morgan fingerprint density at radius 1 is 1.06 bits per heavy atom. The molecule has 2 heterocycles. The van der Waals surface area contributed by atoms with E-state index in [0.717, 1.165) is 30.6 Å². The number of anilines is 1. The predicted octanol–water partition coefficient (Wildman–Crippen LogP) is 4.49. The number of carbonyl (C=O) groups is 1. The van der Waals surface area contributed by atoms with E-state index < -0.39 is 10.0 Å². The van der Waals surface area contributed by atoms with Crippen molar-refractivity contribution >= 4 is 33.4 Å². The molecule has 2 aromatic carbocycles.